The van der Waals surface area contributed by atoms with Gasteiger partial charge in [-0.1, -0.05) is 61.4 Å². The summed E-state index contributed by atoms with van der Waals surface area (Å²) in [5, 5.41) is 0. The molecule has 2 aromatic rings. The summed E-state index contributed by atoms with van der Waals surface area (Å²) in [6.07, 6.45) is 6.87. The maximum atomic E-state index is 5.90. The van der Waals surface area contributed by atoms with Crippen LogP contribution in [0.5, 0.6) is 0 Å². The quantitative estimate of drug-likeness (QED) is 0.406. The number of hydrogen-bond donors (Lipinski definition) is 1. The summed E-state index contributed by atoms with van der Waals surface area (Å²) >= 11 is 0. The lowest BCUT2D eigenvalue weighted by molar-refractivity contribution is 0.428. The van der Waals surface area contributed by atoms with Gasteiger partial charge in [0.05, 0.1) is 0 Å². The maximum Gasteiger partial charge on any atom is 0.0314 e. The first-order valence-corrected chi connectivity index (χ1v) is 10.8. The smallest absolute Gasteiger partial charge is 0.0314 e. The average molecular weight is 390 g/mol. The van der Waals surface area contributed by atoms with Crippen LogP contribution in [0.3, 0.4) is 0 Å². The summed E-state index contributed by atoms with van der Waals surface area (Å²) in [5.41, 5.74) is 13.9. The van der Waals surface area contributed by atoms with E-state index in [0.717, 1.165) is 17.5 Å². The van der Waals surface area contributed by atoms with Crippen molar-refractivity contribution in [3.63, 3.8) is 0 Å². The summed E-state index contributed by atoms with van der Waals surface area (Å²) in [6.45, 7) is 18.2. The van der Waals surface area contributed by atoms with Crippen molar-refractivity contribution in [1.29, 1.82) is 0 Å². The number of allylic oxidation sites excluding steroid dienone is 1. The van der Waals surface area contributed by atoms with Crippen molar-refractivity contribution in [1.82, 2.24) is 0 Å². The lowest BCUT2D eigenvalue weighted by atomic mass is 9.79. The van der Waals surface area contributed by atoms with Crippen molar-refractivity contribution in [2.75, 3.05) is 5.73 Å². The van der Waals surface area contributed by atoms with Crippen LogP contribution >= 0.6 is 0 Å². The molecular weight excluding hydrogens is 350 g/mol. The zero-order valence-electron chi connectivity index (χ0n) is 18.7. The van der Waals surface area contributed by atoms with Crippen molar-refractivity contribution in [3.05, 3.63) is 97.1 Å². The molecule has 2 aliphatic rings. The number of hydrogen-bond acceptors (Lipinski definition) is 1. The van der Waals surface area contributed by atoms with Crippen LogP contribution in [-0.4, -0.2) is 0 Å². The van der Waals surface area contributed by atoms with E-state index >= 15 is 0 Å². The number of anilines is 1. The van der Waals surface area contributed by atoms with Crippen LogP contribution < -0.4 is 5.73 Å². The maximum absolute atomic E-state index is 5.90. The molecule has 0 aliphatic heterocycles. The highest BCUT2D eigenvalue weighted by Gasteiger charge is 2.32. The van der Waals surface area contributed by atoms with Gasteiger partial charge in [-0.2, -0.15) is 0 Å². The number of nitrogen functional groups attached to an aromatic ring is 1. The molecule has 4 rings (SSSR count). The molecule has 29 heavy (non-hydrogen) atoms. The zero-order valence-corrected chi connectivity index (χ0v) is 18.7. The lowest BCUT2D eigenvalue weighted by Crippen LogP contribution is -2.10. The standard InChI is InChI=1S/C22H25N.C2H6.2C2H4/c1-15-2-6-18(7-3-15)22(19-8-10-21(23)11-9-19)20-13-16-4-5-17(12-16)14-20;3*1-2/h2-3,6-11,16-17H,4-5,12-14,23H2,1H3;1-2H3;2*1-2H2. The van der Waals surface area contributed by atoms with E-state index < -0.39 is 0 Å². The fourth-order valence-corrected chi connectivity index (χ4v) is 4.48. The molecule has 0 amide bonds. The summed E-state index contributed by atoms with van der Waals surface area (Å²) in [4.78, 5) is 0. The number of rotatable bonds is 2. The molecule has 2 unspecified atom stereocenters. The van der Waals surface area contributed by atoms with E-state index in [9.17, 15) is 0 Å². The van der Waals surface area contributed by atoms with Crippen LogP contribution in [0.15, 0.2) is 80.4 Å². The largest absolute Gasteiger partial charge is 0.399 e. The van der Waals surface area contributed by atoms with Crippen LogP contribution in [0.1, 0.15) is 62.6 Å². The van der Waals surface area contributed by atoms with Gasteiger partial charge in [-0.15, -0.1) is 26.3 Å². The van der Waals surface area contributed by atoms with Gasteiger partial charge in [0.1, 0.15) is 0 Å². The highest BCUT2D eigenvalue weighted by atomic mass is 14.5. The van der Waals surface area contributed by atoms with E-state index in [1.807, 2.05) is 26.0 Å². The van der Waals surface area contributed by atoms with Gasteiger partial charge in [-0.25, -0.2) is 0 Å². The first-order valence-electron chi connectivity index (χ1n) is 10.8. The molecule has 2 aliphatic carbocycles. The third-order valence-electron chi connectivity index (χ3n) is 5.61. The second kappa shape index (κ2) is 12.8. The van der Waals surface area contributed by atoms with Crippen molar-refractivity contribution >= 4 is 11.3 Å². The zero-order chi connectivity index (χ0) is 21.8. The molecule has 2 atom stereocenters. The van der Waals surface area contributed by atoms with E-state index in [1.165, 1.54) is 54.4 Å². The Morgan fingerprint density at radius 3 is 1.62 bits per heavy atom. The van der Waals surface area contributed by atoms with E-state index in [1.54, 1.807) is 5.57 Å². The molecule has 1 nitrogen and oxygen atoms in total. The fourth-order valence-electron chi connectivity index (χ4n) is 4.48. The minimum Gasteiger partial charge on any atom is -0.399 e. The molecule has 0 radical (unpaired) electrons. The SMILES string of the molecule is C=C.C=C.CC.Cc1ccc(C(=C2CC3CCC(C2)C3)c2ccc(N)cc2)cc1. The first kappa shape index (κ1) is 24.5. The molecule has 2 N–H and O–H groups in total. The normalized spacial score (nSPS) is 18.8. The van der Waals surface area contributed by atoms with Crippen molar-refractivity contribution in [2.45, 2.75) is 52.9 Å². The Balaban J connectivity index is 0.000000644. The Kier molecular flexibility index (Phi) is 10.8. The summed E-state index contributed by atoms with van der Waals surface area (Å²) in [6, 6.07) is 17.5. The molecule has 156 valence electrons. The molecule has 2 aromatic carbocycles. The Morgan fingerprint density at radius 1 is 0.759 bits per heavy atom. The second-order valence-corrected chi connectivity index (χ2v) is 7.42. The molecule has 2 fully saturated rings. The van der Waals surface area contributed by atoms with Gasteiger partial charge >= 0.3 is 0 Å². The minimum atomic E-state index is 0.839. The molecule has 0 aromatic heterocycles. The summed E-state index contributed by atoms with van der Waals surface area (Å²) in [5.74, 6) is 1.83. The van der Waals surface area contributed by atoms with E-state index in [2.05, 4.69) is 69.6 Å². The van der Waals surface area contributed by atoms with Gasteiger partial charge in [0.2, 0.25) is 0 Å². The molecule has 2 bridgehead atoms. The third-order valence-corrected chi connectivity index (χ3v) is 5.61. The van der Waals surface area contributed by atoms with Gasteiger partial charge in [-0.3, -0.25) is 0 Å². The first-order chi connectivity index (χ1) is 14.2. The summed E-state index contributed by atoms with van der Waals surface area (Å²) < 4.78 is 0. The van der Waals surface area contributed by atoms with E-state index in [4.69, 9.17) is 5.73 Å². The Bertz CT molecular complexity index is 688. The van der Waals surface area contributed by atoms with Crippen LogP contribution in [0.25, 0.3) is 5.57 Å². The second-order valence-electron chi connectivity index (χ2n) is 7.42. The fraction of sp³-hybridized carbons (Fsp3) is 0.357. The molecule has 1 heteroatoms. The van der Waals surface area contributed by atoms with Crippen LogP contribution in [-0.2, 0) is 0 Å². The highest BCUT2D eigenvalue weighted by molar-refractivity contribution is 5.83. The Morgan fingerprint density at radius 2 is 1.17 bits per heavy atom. The Hall–Kier alpha value is -2.54. The van der Waals surface area contributed by atoms with Crippen molar-refractivity contribution in [3.8, 4) is 0 Å². The van der Waals surface area contributed by atoms with Crippen molar-refractivity contribution < 1.29 is 0 Å². The number of fused-ring (bicyclic) bond motifs is 2. The molecular formula is C28H39N. The third kappa shape index (κ3) is 6.49. The number of aryl methyl sites for hydroxylation is 1. The average Bonchev–Trinajstić information content (AvgIpc) is 3.13. The predicted molar refractivity (Wildman–Crippen MR) is 132 cm³/mol. The Labute approximate surface area is 179 Å². The van der Waals surface area contributed by atoms with Gasteiger partial charge in [0.15, 0.2) is 0 Å². The van der Waals surface area contributed by atoms with E-state index in [0.29, 0.717) is 0 Å². The summed E-state index contributed by atoms with van der Waals surface area (Å²) in [7, 11) is 0. The molecule has 0 spiro atoms. The lowest BCUT2D eigenvalue weighted by Gasteiger charge is -2.25. The highest BCUT2D eigenvalue weighted by Crippen LogP contribution is 2.47. The molecule has 0 heterocycles. The minimum absolute atomic E-state index is 0.839. The van der Waals surface area contributed by atoms with Crippen LogP contribution in [0.4, 0.5) is 5.69 Å². The van der Waals surface area contributed by atoms with E-state index in [-0.39, 0.29) is 0 Å². The topological polar surface area (TPSA) is 26.0 Å². The number of nitrogens with two attached hydrogens (primary N) is 1. The monoisotopic (exact) mass is 389 g/mol. The van der Waals surface area contributed by atoms with Gasteiger partial charge < -0.3 is 5.73 Å². The predicted octanol–water partition coefficient (Wildman–Crippen LogP) is 8.22. The number of benzene rings is 2. The van der Waals surface area contributed by atoms with Crippen molar-refractivity contribution in [2.24, 2.45) is 11.8 Å². The molecule has 0 saturated heterocycles. The van der Waals surface area contributed by atoms with Gasteiger partial charge in [0, 0.05) is 5.69 Å². The van der Waals surface area contributed by atoms with Gasteiger partial charge in [0.25, 0.3) is 0 Å². The van der Waals surface area contributed by atoms with Crippen LogP contribution in [0, 0.1) is 18.8 Å². The van der Waals surface area contributed by atoms with Gasteiger partial charge in [-0.05, 0) is 79.7 Å². The molecule has 2 saturated carbocycles. The van der Waals surface area contributed by atoms with Crippen LogP contribution in [0.2, 0.25) is 0 Å².